The highest BCUT2D eigenvalue weighted by molar-refractivity contribution is 6.35. The molecule has 2 aromatic rings. The molecule has 1 aromatic heterocycles. The van der Waals surface area contributed by atoms with Crippen LogP contribution in [0.4, 0.5) is 0 Å². The number of nitrogens with zero attached hydrogens (tertiary/aromatic N) is 1. The molecule has 0 atom stereocenters. The van der Waals surface area contributed by atoms with Crippen LogP contribution in [0, 0.1) is 0 Å². The van der Waals surface area contributed by atoms with Crippen LogP contribution in [0.3, 0.4) is 0 Å². The molecule has 104 valence electrons. The predicted molar refractivity (Wildman–Crippen MR) is 78.4 cm³/mol. The summed E-state index contributed by atoms with van der Waals surface area (Å²) < 4.78 is 4.96. The fraction of sp³-hybridized carbons (Fsp3) is 0.143. The summed E-state index contributed by atoms with van der Waals surface area (Å²) >= 11 is 11.7. The molecule has 0 bridgehead atoms. The van der Waals surface area contributed by atoms with E-state index in [2.05, 4.69) is 10.3 Å². The molecule has 2 rings (SSSR count). The lowest BCUT2D eigenvalue weighted by molar-refractivity contribution is 0.0951. The Morgan fingerprint density at radius 1 is 1.25 bits per heavy atom. The Hall–Kier alpha value is -1.78. The normalized spacial score (nSPS) is 10.2. The monoisotopic (exact) mass is 310 g/mol. The van der Waals surface area contributed by atoms with E-state index in [1.54, 1.807) is 37.6 Å². The average Bonchev–Trinajstić information content (AvgIpc) is 2.44. The molecule has 0 aliphatic heterocycles. The van der Waals surface area contributed by atoms with Crippen molar-refractivity contribution in [2.24, 2.45) is 0 Å². The molecule has 6 heteroatoms. The molecule has 20 heavy (non-hydrogen) atoms. The fourth-order valence-corrected chi connectivity index (χ4v) is 2.13. The molecular formula is C14H12Cl2N2O2. The molecule has 0 aliphatic rings. The van der Waals surface area contributed by atoms with Gasteiger partial charge in [-0.15, -0.1) is 0 Å². The SMILES string of the molecule is COc1ccc(CNC(=O)c2cc(Cl)cc(Cl)c2)cn1. The van der Waals surface area contributed by atoms with Crippen molar-refractivity contribution in [3.8, 4) is 5.88 Å². The van der Waals surface area contributed by atoms with Gasteiger partial charge in [0.1, 0.15) is 0 Å². The smallest absolute Gasteiger partial charge is 0.251 e. The number of amides is 1. The number of hydrogen-bond acceptors (Lipinski definition) is 3. The quantitative estimate of drug-likeness (QED) is 0.942. The summed E-state index contributed by atoms with van der Waals surface area (Å²) in [4.78, 5) is 16.0. The fourth-order valence-electron chi connectivity index (χ4n) is 1.61. The van der Waals surface area contributed by atoms with Gasteiger partial charge in [-0.2, -0.15) is 0 Å². The molecule has 0 unspecified atom stereocenters. The Labute approximate surface area is 126 Å². The molecule has 1 amide bonds. The van der Waals surface area contributed by atoms with Crippen molar-refractivity contribution in [3.63, 3.8) is 0 Å². The summed E-state index contributed by atoms with van der Waals surface area (Å²) in [5.74, 6) is 0.284. The highest BCUT2D eigenvalue weighted by Crippen LogP contribution is 2.19. The van der Waals surface area contributed by atoms with Gasteiger partial charge in [0, 0.05) is 34.4 Å². The van der Waals surface area contributed by atoms with Crippen LogP contribution >= 0.6 is 23.2 Å². The van der Waals surface area contributed by atoms with Gasteiger partial charge in [-0.1, -0.05) is 29.3 Å². The van der Waals surface area contributed by atoms with E-state index in [1.807, 2.05) is 6.07 Å². The summed E-state index contributed by atoms with van der Waals surface area (Å²) in [6, 6.07) is 8.27. The molecular weight excluding hydrogens is 299 g/mol. The summed E-state index contributed by atoms with van der Waals surface area (Å²) in [6.45, 7) is 0.361. The zero-order valence-corrected chi connectivity index (χ0v) is 12.2. The standard InChI is InChI=1S/C14H12Cl2N2O2/c1-20-13-3-2-9(7-17-13)8-18-14(19)10-4-11(15)6-12(16)5-10/h2-7H,8H2,1H3,(H,18,19). The van der Waals surface area contributed by atoms with Crippen molar-refractivity contribution in [3.05, 3.63) is 57.7 Å². The van der Waals surface area contributed by atoms with E-state index in [9.17, 15) is 4.79 Å². The summed E-state index contributed by atoms with van der Waals surface area (Å²) in [5, 5.41) is 3.62. The Kier molecular flexibility index (Phi) is 4.82. The zero-order chi connectivity index (χ0) is 14.5. The van der Waals surface area contributed by atoms with Gasteiger partial charge in [0.15, 0.2) is 0 Å². The number of methoxy groups -OCH3 is 1. The first kappa shape index (κ1) is 14.6. The Balaban J connectivity index is 2.00. The van der Waals surface area contributed by atoms with E-state index in [4.69, 9.17) is 27.9 Å². The highest BCUT2D eigenvalue weighted by atomic mass is 35.5. The van der Waals surface area contributed by atoms with Crippen molar-refractivity contribution < 1.29 is 9.53 Å². The van der Waals surface area contributed by atoms with Gasteiger partial charge in [0.25, 0.3) is 5.91 Å². The number of rotatable bonds is 4. The van der Waals surface area contributed by atoms with Gasteiger partial charge in [0.2, 0.25) is 5.88 Å². The van der Waals surface area contributed by atoms with Crippen LogP contribution in [-0.2, 0) is 6.54 Å². The third kappa shape index (κ3) is 3.85. The molecule has 0 saturated carbocycles. The number of pyridine rings is 1. The Morgan fingerprint density at radius 2 is 1.95 bits per heavy atom. The summed E-state index contributed by atoms with van der Waals surface area (Å²) in [7, 11) is 1.55. The van der Waals surface area contributed by atoms with Crippen LogP contribution < -0.4 is 10.1 Å². The first-order chi connectivity index (χ1) is 9.58. The van der Waals surface area contributed by atoms with Gasteiger partial charge < -0.3 is 10.1 Å². The maximum atomic E-state index is 12.0. The molecule has 4 nitrogen and oxygen atoms in total. The van der Waals surface area contributed by atoms with Crippen LogP contribution in [0.25, 0.3) is 0 Å². The number of aromatic nitrogens is 1. The maximum absolute atomic E-state index is 12.0. The molecule has 0 radical (unpaired) electrons. The first-order valence-electron chi connectivity index (χ1n) is 5.81. The van der Waals surface area contributed by atoms with E-state index in [0.29, 0.717) is 28.0 Å². The summed E-state index contributed by atoms with van der Waals surface area (Å²) in [5.41, 5.74) is 1.29. The lowest BCUT2D eigenvalue weighted by Gasteiger charge is -2.06. The minimum Gasteiger partial charge on any atom is -0.481 e. The third-order valence-corrected chi connectivity index (χ3v) is 3.02. The molecule has 0 saturated heterocycles. The van der Waals surface area contributed by atoms with E-state index in [1.165, 1.54) is 0 Å². The third-order valence-electron chi connectivity index (χ3n) is 2.58. The molecule has 0 aliphatic carbocycles. The topological polar surface area (TPSA) is 51.2 Å². The lowest BCUT2D eigenvalue weighted by atomic mass is 10.2. The van der Waals surface area contributed by atoms with E-state index in [-0.39, 0.29) is 5.91 Å². The van der Waals surface area contributed by atoms with Crippen molar-refractivity contribution in [1.82, 2.24) is 10.3 Å². The second kappa shape index (κ2) is 6.59. The summed E-state index contributed by atoms with van der Waals surface area (Å²) in [6.07, 6.45) is 1.64. The molecule has 1 N–H and O–H groups in total. The van der Waals surface area contributed by atoms with E-state index in [0.717, 1.165) is 5.56 Å². The molecule has 1 heterocycles. The minimum atomic E-state index is -0.245. The van der Waals surface area contributed by atoms with Crippen molar-refractivity contribution in [2.45, 2.75) is 6.54 Å². The van der Waals surface area contributed by atoms with Crippen molar-refractivity contribution in [1.29, 1.82) is 0 Å². The highest BCUT2D eigenvalue weighted by Gasteiger charge is 2.07. The van der Waals surface area contributed by atoms with Crippen LogP contribution in [0.5, 0.6) is 5.88 Å². The minimum absolute atomic E-state index is 0.245. The van der Waals surface area contributed by atoms with Crippen molar-refractivity contribution >= 4 is 29.1 Å². The average molecular weight is 311 g/mol. The van der Waals surface area contributed by atoms with Gasteiger partial charge in [-0.05, 0) is 23.8 Å². The molecule has 1 aromatic carbocycles. The van der Waals surface area contributed by atoms with Gasteiger partial charge in [-0.25, -0.2) is 4.98 Å². The second-order valence-corrected chi connectivity index (χ2v) is 4.92. The van der Waals surface area contributed by atoms with E-state index < -0.39 is 0 Å². The maximum Gasteiger partial charge on any atom is 0.251 e. The number of halogens is 2. The Morgan fingerprint density at radius 3 is 2.50 bits per heavy atom. The lowest BCUT2D eigenvalue weighted by Crippen LogP contribution is -2.22. The Bertz CT molecular complexity index is 595. The van der Waals surface area contributed by atoms with Crippen LogP contribution in [-0.4, -0.2) is 18.0 Å². The number of carbonyl (C=O) groups excluding carboxylic acids is 1. The first-order valence-corrected chi connectivity index (χ1v) is 6.57. The van der Waals surface area contributed by atoms with Crippen LogP contribution in [0.15, 0.2) is 36.5 Å². The molecule has 0 spiro atoms. The number of hydrogen-bond donors (Lipinski definition) is 1. The van der Waals surface area contributed by atoms with Crippen LogP contribution in [0.1, 0.15) is 15.9 Å². The number of benzene rings is 1. The second-order valence-electron chi connectivity index (χ2n) is 4.05. The van der Waals surface area contributed by atoms with Gasteiger partial charge in [-0.3, -0.25) is 4.79 Å². The molecule has 0 fully saturated rings. The van der Waals surface area contributed by atoms with Crippen LogP contribution in [0.2, 0.25) is 10.0 Å². The van der Waals surface area contributed by atoms with Gasteiger partial charge in [0.05, 0.1) is 7.11 Å². The number of nitrogens with one attached hydrogen (secondary N) is 1. The zero-order valence-electron chi connectivity index (χ0n) is 10.7. The number of carbonyl (C=O) groups is 1. The number of ether oxygens (including phenoxy) is 1. The van der Waals surface area contributed by atoms with E-state index >= 15 is 0 Å². The van der Waals surface area contributed by atoms with Gasteiger partial charge >= 0.3 is 0 Å². The largest absolute Gasteiger partial charge is 0.481 e. The van der Waals surface area contributed by atoms with Crippen molar-refractivity contribution in [2.75, 3.05) is 7.11 Å². The predicted octanol–water partition coefficient (Wildman–Crippen LogP) is 3.33.